The van der Waals surface area contributed by atoms with Gasteiger partial charge in [0.05, 0.1) is 5.56 Å². The molecule has 0 saturated carbocycles. The van der Waals surface area contributed by atoms with Crippen LogP contribution in [0.15, 0.2) is 42.6 Å². The lowest BCUT2D eigenvalue weighted by Crippen LogP contribution is -2.31. The largest absolute Gasteiger partial charge is 0.473 e. The fourth-order valence-corrected chi connectivity index (χ4v) is 1.79. The molecule has 0 aliphatic heterocycles. The van der Waals surface area contributed by atoms with E-state index in [1.54, 1.807) is 24.3 Å². The third kappa shape index (κ3) is 4.55. The fourth-order valence-electron chi connectivity index (χ4n) is 1.79. The van der Waals surface area contributed by atoms with Crippen molar-refractivity contribution in [3.8, 4) is 5.88 Å². The second-order valence-corrected chi connectivity index (χ2v) is 5.09. The molecule has 0 aliphatic rings. The SMILES string of the molecule is CC[C@@H](C)NC(=O)c1ccc(OCc2cccc(F)c2)nc1. The van der Waals surface area contributed by atoms with Crippen LogP contribution in [-0.4, -0.2) is 16.9 Å². The van der Waals surface area contributed by atoms with Gasteiger partial charge in [-0.05, 0) is 37.1 Å². The van der Waals surface area contributed by atoms with Gasteiger partial charge in [-0.25, -0.2) is 9.37 Å². The standard InChI is InChI=1S/C17H19FN2O2/c1-3-12(2)20-17(21)14-7-8-16(19-10-14)22-11-13-5-4-6-15(18)9-13/h4-10,12H,3,11H2,1-2H3,(H,20,21)/t12-/m1/s1. The molecule has 2 aromatic rings. The zero-order valence-corrected chi connectivity index (χ0v) is 12.7. The van der Waals surface area contributed by atoms with Crippen molar-refractivity contribution in [2.75, 3.05) is 0 Å². The van der Waals surface area contributed by atoms with Gasteiger partial charge < -0.3 is 10.1 Å². The topological polar surface area (TPSA) is 51.2 Å². The van der Waals surface area contributed by atoms with Gasteiger partial charge >= 0.3 is 0 Å². The van der Waals surface area contributed by atoms with Gasteiger partial charge in [0.2, 0.25) is 5.88 Å². The van der Waals surface area contributed by atoms with Crippen LogP contribution in [0.5, 0.6) is 5.88 Å². The Morgan fingerprint density at radius 1 is 1.36 bits per heavy atom. The van der Waals surface area contributed by atoms with Gasteiger partial charge in [-0.15, -0.1) is 0 Å². The number of carbonyl (C=O) groups is 1. The molecule has 1 N–H and O–H groups in total. The second-order valence-electron chi connectivity index (χ2n) is 5.09. The molecule has 2 rings (SSSR count). The van der Waals surface area contributed by atoms with E-state index in [9.17, 15) is 9.18 Å². The normalized spacial score (nSPS) is 11.8. The smallest absolute Gasteiger partial charge is 0.253 e. The van der Waals surface area contributed by atoms with Crippen LogP contribution in [-0.2, 0) is 6.61 Å². The minimum Gasteiger partial charge on any atom is -0.473 e. The van der Waals surface area contributed by atoms with E-state index in [0.717, 1.165) is 12.0 Å². The van der Waals surface area contributed by atoms with Crippen molar-refractivity contribution in [1.29, 1.82) is 0 Å². The van der Waals surface area contributed by atoms with Gasteiger partial charge in [0.1, 0.15) is 12.4 Å². The van der Waals surface area contributed by atoms with E-state index in [2.05, 4.69) is 10.3 Å². The quantitative estimate of drug-likeness (QED) is 0.890. The number of aromatic nitrogens is 1. The molecule has 1 aromatic carbocycles. The monoisotopic (exact) mass is 302 g/mol. The summed E-state index contributed by atoms with van der Waals surface area (Å²) in [6.45, 7) is 4.18. The van der Waals surface area contributed by atoms with Gasteiger partial charge in [-0.3, -0.25) is 4.79 Å². The molecule has 0 unspecified atom stereocenters. The maximum atomic E-state index is 13.1. The highest BCUT2D eigenvalue weighted by molar-refractivity contribution is 5.94. The number of pyridine rings is 1. The number of ether oxygens (including phenoxy) is 1. The maximum absolute atomic E-state index is 13.1. The van der Waals surface area contributed by atoms with E-state index in [1.165, 1.54) is 18.3 Å². The molecule has 1 atom stereocenters. The number of halogens is 1. The summed E-state index contributed by atoms with van der Waals surface area (Å²) in [4.78, 5) is 16.0. The van der Waals surface area contributed by atoms with E-state index >= 15 is 0 Å². The van der Waals surface area contributed by atoms with Crippen LogP contribution >= 0.6 is 0 Å². The Labute approximate surface area is 129 Å². The van der Waals surface area contributed by atoms with Crippen molar-refractivity contribution in [2.24, 2.45) is 0 Å². The first kappa shape index (κ1) is 15.9. The molecule has 0 spiro atoms. The summed E-state index contributed by atoms with van der Waals surface area (Å²) in [5, 5.41) is 2.87. The predicted molar refractivity (Wildman–Crippen MR) is 82.2 cm³/mol. The summed E-state index contributed by atoms with van der Waals surface area (Å²) in [7, 11) is 0. The molecule has 0 saturated heterocycles. The summed E-state index contributed by atoms with van der Waals surface area (Å²) in [6.07, 6.45) is 2.34. The van der Waals surface area contributed by atoms with Crippen molar-refractivity contribution in [1.82, 2.24) is 10.3 Å². The van der Waals surface area contributed by atoms with Crippen LogP contribution in [0.4, 0.5) is 4.39 Å². The molecule has 0 aliphatic carbocycles. The highest BCUT2D eigenvalue weighted by Gasteiger charge is 2.09. The molecule has 1 amide bonds. The molecule has 1 aromatic heterocycles. The van der Waals surface area contributed by atoms with Crippen molar-refractivity contribution in [3.05, 3.63) is 59.5 Å². The third-order valence-electron chi connectivity index (χ3n) is 3.26. The lowest BCUT2D eigenvalue weighted by atomic mass is 10.2. The van der Waals surface area contributed by atoms with Gasteiger partial charge in [-0.2, -0.15) is 0 Å². The molecule has 0 fully saturated rings. The third-order valence-corrected chi connectivity index (χ3v) is 3.26. The molecule has 5 heteroatoms. The Morgan fingerprint density at radius 3 is 2.82 bits per heavy atom. The summed E-state index contributed by atoms with van der Waals surface area (Å²) in [6, 6.07) is 9.61. The van der Waals surface area contributed by atoms with Crippen LogP contribution in [0.25, 0.3) is 0 Å². The molecule has 0 radical (unpaired) electrons. The summed E-state index contributed by atoms with van der Waals surface area (Å²) in [5.41, 5.74) is 1.21. The zero-order valence-electron chi connectivity index (χ0n) is 12.7. The summed E-state index contributed by atoms with van der Waals surface area (Å²) < 4.78 is 18.5. The van der Waals surface area contributed by atoms with Crippen molar-refractivity contribution in [2.45, 2.75) is 32.9 Å². The molecule has 116 valence electrons. The van der Waals surface area contributed by atoms with Gasteiger partial charge in [0.25, 0.3) is 5.91 Å². The lowest BCUT2D eigenvalue weighted by Gasteiger charge is -2.11. The fraction of sp³-hybridized carbons (Fsp3) is 0.294. The predicted octanol–water partition coefficient (Wildman–Crippen LogP) is 3.33. The Hall–Kier alpha value is -2.43. The number of rotatable bonds is 6. The zero-order chi connectivity index (χ0) is 15.9. The number of hydrogen-bond acceptors (Lipinski definition) is 3. The Morgan fingerprint density at radius 2 is 2.18 bits per heavy atom. The van der Waals surface area contributed by atoms with E-state index in [1.807, 2.05) is 13.8 Å². The van der Waals surface area contributed by atoms with E-state index < -0.39 is 0 Å². The maximum Gasteiger partial charge on any atom is 0.253 e. The van der Waals surface area contributed by atoms with Crippen LogP contribution in [0.3, 0.4) is 0 Å². The van der Waals surface area contributed by atoms with Crippen LogP contribution in [0.2, 0.25) is 0 Å². The van der Waals surface area contributed by atoms with Gasteiger partial charge in [0.15, 0.2) is 0 Å². The average molecular weight is 302 g/mol. The Kier molecular flexibility index (Phi) is 5.47. The van der Waals surface area contributed by atoms with E-state index in [-0.39, 0.29) is 24.4 Å². The Bertz CT molecular complexity index is 629. The number of benzene rings is 1. The van der Waals surface area contributed by atoms with Crippen molar-refractivity contribution < 1.29 is 13.9 Å². The van der Waals surface area contributed by atoms with Crippen molar-refractivity contribution in [3.63, 3.8) is 0 Å². The lowest BCUT2D eigenvalue weighted by molar-refractivity contribution is 0.0939. The minimum absolute atomic E-state index is 0.122. The second kappa shape index (κ2) is 7.54. The van der Waals surface area contributed by atoms with Crippen molar-refractivity contribution >= 4 is 5.91 Å². The minimum atomic E-state index is -0.300. The van der Waals surface area contributed by atoms with E-state index in [0.29, 0.717) is 11.4 Å². The molecule has 0 bridgehead atoms. The summed E-state index contributed by atoms with van der Waals surface area (Å²) in [5.74, 6) is -0.0611. The molecule has 4 nitrogen and oxygen atoms in total. The molecular formula is C17H19FN2O2. The highest BCUT2D eigenvalue weighted by Crippen LogP contribution is 2.11. The van der Waals surface area contributed by atoms with Crippen LogP contribution < -0.4 is 10.1 Å². The number of nitrogens with zero attached hydrogens (tertiary/aromatic N) is 1. The highest BCUT2D eigenvalue weighted by atomic mass is 19.1. The number of carbonyl (C=O) groups excluding carboxylic acids is 1. The van der Waals surface area contributed by atoms with Gasteiger partial charge in [-0.1, -0.05) is 19.1 Å². The Balaban J connectivity index is 1.93. The van der Waals surface area contributed by atoms with Crippen LogP contribution in [0.1, 0.15) is 36.2 Å². The average Bonchev–Trinajstić information content (AvgIpc) is 2.53. The summed E-state index contributed by atoms with van der Waals surface area (Å²) >= 11 is 0. The van der Waals surface area contributed by atoms with Crippen LogP contribution in [0, 0.1) is 5.82 Å². The number of hydrogen-bond donors (Lipinski definition) is 1. The first-order valence-corrected chi connectivity index (χ1v) is 7.22. The first-order valence-electron chi connectivity index (χ1n) is 7.22. The number of amides is 1. The first-order chi connectivity index (χ1) is 10.6. The molecule has 22 heavy (non-hydrogen) atoms. The molecule has 1 heterocycles. The van der Waals surface area contributed by atoms with Gasteiger partial charge in [0, 0.05) is 18.3 Å². The van der Waals surface area contributed by atoms with E-state index in [4.69, 9.17) is 4.74 Å². The molecular weight excluding hydrogens is 283 g/mol. The number of nitrogens with one attached hydrogen (secondary N) is 1.